The maximum Gasteiger partial charge on any atom is 0.350 e. The van der Waals surface area contributed by atoms with Crippen LogP contribution in [0.15, 0.2) is 29.2 Å². The summed E-state index contributed by atoms with van der Waals surface area (Å²) in [6.45, 7) is 1.26. The van der Waals surface area contributed by atoms with Crippen LogP contribution in [0.4, 0.5) is 0 Å². The molecule has 0 aromatic carbocycles. The Labute approximate surface area is 123 Å². The number of rotatable bonds is 4. The molecule has 1 fully saturated rings. The Balaban J connectivity index is 1.68. The molecule has 6 heteroatoms. The van der Waals surface area contributed by atoms with Crippen LogP contribution in [0.3, 0.4) is 0 Å². The van der Waals surface area contributed by atoms with Gasteiger partial charge in [0.1, 0.15) is 0 Å². The molecule has 1 N–H and O–H groups in total. The van der Waals surface area contributed by atoms with Gasteiger partial charge in [0.2, 0.25) is 0 Å². The van der Waals surface area contributed by atoms with Crippen molar-refractivity contribution in [3.8, 4) is 0 Å². The van der Waals surface area contributed by atoms with E-state index in [2.05, 4.69) is 10.00 Å². The third kappa shape index (κ3) is 2.87. The SMILES string of the molecule is CN(CCn1nc2ccccn2c1=O)C1CCCCC1O. The molecule has 2 aromatic rings. The van der Waals surface area contributed by atoms with E-state index in [1.807, 2.05) is 25.2 Å². The number of hydrogen-bond donors (Lipinski definition) is 1. The van der Waals surface area contributed by atoms with Gasteiger partial charge in [-0.2, -0.15) is 0 Å². The molecule has 6 nitrogen and oxygen atoms in total. The maximum atomic E-state index is 12.2. The lowest BCUT2D eigenvalue weighted by atomic mass is 9.92. The molecule has 0 bridgehead atoms. The molecule has 114 valence electrons. The number of pyridine rings is 1. The molecule has 2 atom stereocenters. The van der Waals surface area contributed by atoms with Crippen molar-refractivity contribution in [3.63, 3.8) is 0 Å². The maximum absolute atomic E-state index is 12.2. The van der Waals surface area contributed by atoms with E-state index in [0.717, 1.165) is 19.3 Å². The summed E-state index contributed by atoms with van der Waals surface area (Å²) in [6, 6.07) is 5.72. The van der Waals surface area contributed by atoms with Crippen LogP contribution in [-0.2, 0) is 6.54 Å². The molecule has 1 aliphatic rings. The minimum Gasteiger partial charge on any atom is -0.391 e. The third-order valence-electron chi connectivity index (χ3n) is 4.41. The average Bonchev–Trinajstić information content (AvgIpc) is 2.82. The number of aromatic nitrogens is 3. The first kappa shape index (κ1) is 14.3. The quantitative estimate of drug-likeness (QED) is 0.902. The van der Waals surface area contributed by atoms with Gasteiger partial charge in [-0.05, 0) is 32.0 Å². The van der Waals surface area contributed by atoms with Gasteiger partial charge in [0, 0.05) is 18.8 Å². The molecule has 3 rings (SSSR count). The monoisotopic (exact) mass is 290 g/mol. The predicted molar refractivity (Wildman–Crippen MR) is 80.3 cm³/mol. The molecule has 0 spiro atoms. The smallest absolute Gasteiger partial charge is 0.350 e. The van der Waals surface area contributed by atoms with Gasteiger partial charge in [-0.15, -0.1) is 5.10 Å². The van der Waals surface area contributed by atoms with Gasteiger partial charge in [-0.1, -0.05) is 18.9 Å². The van der Waals surface area contributed by atoms with E-state index < -0.39 is 0 Å². The summed E-state index contributed by atoms with van der Waals surface area (Å²) in [5, 5.41) is 14.4. The predicted octanol–water partition coefficient (Wildman–Crippen LogP) is 0.731. The van der Waals surface area contributed by atoms with E-state index in [9.17, 15) is 9.90 Å². The van der Waals surface area contributed by atoms with E-state index in [1.54, 1.807) is 10.6 Å². The summed E-state index contributed by atoms with van der Waals surface area (Å²) in [5.41, 5.74) is 0.561. The number of fused-ring (bicyclic) bond motifs is 1. The van der Waals surface area contributed by atoms with Gasteiger partial charge in [0.25, 0.3) is 0 Å². The molecule has 0 saturated heterocycles. The zero-order valence-electron chi connectivity index (χ0n) is 12.4. The summed E-state index contributed by atoms with van der Waals surface area (Å²) < 4.78 is 3.05. The summed E-state index contributed by atoms with van der Waals surface area (Å²) in [4.78, 5) is 14.3. The highest BCUT2D eigenvalue weighted by atomic mass is 16.3. The largest absolute Gasteiger partial charge is 0.391 e. The highest BCUT2D eigenvalue weighted by Gasteiger charge is 2.26. The lowest BCUT2D eigenvalue weighted by Gasteiger charge is -2.35. The highest BCUT2D eigenvalue weighted by molar-refractivity contribution is 5.35. The molecule has 2 unspecified atom stereocenters. The number of aliphatic hydroxyl groups excluding tert-OH is 1. The molecule has 1 aliphatic carbocycles. The van der Waals surface area contributed by atoms with Crippen LogP contribution in [0.2, 0.25) is 0 Å². The molecule has 0 radical (unpaired) electrons. The molecule has 0 amide bonds. The third-order valence-corrected chi connectivity index (χ3v) is 4.41. The number of nitrogens with zero attached hydrogens (tertiary/aromatic N) is 4. The fraction of sp³-hybridized carbons (Fsp3) is 0.600. The Bertz CT molecular complexity index is 663. The summed E-state index contributed by atoms with van der Waals surface area (Å²) >= 11 is 0. The first-order valence-corrected chi connectivity index (χ1v) is 7.59. The minimum absolute atomic E-state index is 0.108. The van der Waals surface area contributed by atoms with Crippen LogP contribution >= 0.6 is 0 Å². The molecular formula is C15H22N4O2. The van der Waals surface area contributed by atoms with Crippen LogP contribution in [-0.4, -0.2) is 49.9 Å². The average molecular weight is 290 g/mol. The molecule has 0 aliphatic heterocycles. The van der Waals surface area contributed by atoms with Crippen LogP contribution in [0.25, 0.3) is 5.65 Å². The Morgan fingerprint density at radius 2 is 2.19 bits per heavy atom. The molecule has 2 heterocycles. The van der Waals surface area contributed by atoms with Crippen molar-refractivity contribution in [2.24, 2.45) is 0 Å². The van der Waals surface area contributed by atoms with E-state index >= 15 is 0 Å². The second kappa shape index (κ2) is 5.99. The second-order valence-corrected chi connectivity index (χ2v) is 5.83. The van der Waals surface area contributed by atoms with Gasteiger partial charge in [0.05, 0.1) is 12.6 Å². The Morgan fingerprint density at radius 1 is 1.38 bits per heavy atom. The number of hydrogen-bond acceptors (Lipinski definition) is 4. The fourth-order valence-electron chi connectivity index (χ4n) is 3.14. The van der Waals surface area contributed by atoms with Crippen molar-refractivity contribution in [3.05, 3.63) is 34.9 Å². The van der Waals surface area contributed by atoms with Crippen molar-refractivity contribution in [2.75, 3.05) is 13.6 Å². The van der Waals surface area contributed by atoms with Crippen molar-refractivity contribution in [2.45, 2.75) is 44.4 Å². The molecule has 1 saturated carbocycles. The zero-order valence-corrected chi connectivity index (χ0v) is 12.4. The van der Waals surface area contributed by atoms with E-state index in [4.69, 9.17) is 0 Å². The lowest BCUT2D eigenvalue weighted by Crippen LogP contribution is -2.45. The Kier molecular flexibility index (Phi) is 4.07. The van der Waals surface area contributed by atoms with E-state index in [1.165, 1.54) is 11.1 Å². The summed E-state index contributed by atoms with van der Waals surface area (Å²) in [6.07, 6.45) is 5.66. The van der Waals surface area contributed by atoms with Gasteiger partial charge in [-0.3, -0.25) is 9.30 Å². The lowest BCUT2D eigenvalue weighted by molar-refractivity contribution is 0.0304. The van der Waals surface area contributed by atoms with Crippen LogP contribution < -0.4 is 5.69 Å². The molecule has 2 aromatic heterocycles. The van der Waals surface area contributed by atoms with Gasteiger partial charge in [0.15, 0.2) is 5.65 Å². The Hall–Kier alpha value is -1.66. The fourth-order valence-corrected chi connectivity index (χ4v) is 3.14. The highest BCUT2D eigenvalue weighted by Crippen LogP contribution is 2.22. The van der Waals surface area contributed by atoms with Gasteiger partial charge in [-0.25, -0.2) is 9.48 Å². The van der Waals surface area contributed by atoms with Gasteiger partial charge < -0.3 is 5.11 Å². The van der Waals surface area contributed by atoms with Gasteiger partial charge >= 0.3 is 5.69 Å². The van der Waals surface area contributed by atoms with Crippen molar-refractivity contribution >= 4 is 5.65 Å². The van der Waals surface area contributed by atoms with Crippen LogP contribution in [0.5, 0.6) is 0 Å². The van der Waals surface area contributed by atoms with E-state index in [-0.39, 0.29) is 17.8 Å². The second-order valence-electron chi connectivity index (χ2n) is 5.83. The van der Waals surface area contributed by atoms with Crippen LogP contribution in [0, 0.1) is 0 Å². The first-order valence-electron chi connectivity index (χ1n) is 7.59. The summed E-state index contributed by atoms with van der Waals surface area (Å²) in [7, 11) is 2.01. The summed E-state index contributed by atoms with van der Waals surface area (Å²) in [5.74, 6) is 0. The normalized spacial score (nSPS) is 23.0. The topological polar surface area (TPSA) is 62.8 Å². The zero-order chi connectivity index (χ0) is 14.8. The van der Waals surface area contributed by atoms with Crippen molar-refractivity contribution in [1.29, 1.82) is 0 Å². The number of aliphatic hydroxyl groups is 1. The van der Waals surface area contributed by atoms with E-state index in [0.29, 0.717) is 18.7 Å². The Morgan fingerprint density at radius 3 is 2.95 bits per heavy atom. The first-order chi connectivity index (χ1) is 10.2. The standard InChI is InChI=1S/C15H22N4O2/c1-17(12-6-2-3-7-13(12)20)10-11-19-15(21)18-9-5-4-8-14(18)16-19/h4-5,8-9,12-13,20H,2-3,6-7,10-11H2,1H3. The van der Waals surface area contributed by atoms with Crippen molar-refractivity contribution < 1.29 is 5.11 Å². The minimum atomic E-state index is -0.249. The molecular weight excluding hydrogens is 268 g/mol. The van der Waals surface area contributed by atoms with Crippen molar-refractivity contribution in [1.82, 2.24) is 19.1 Å². The van der Waals surface area contributed by atoms with Crippen LogP contribution in [0.1, 0.15) is 25.7 Å². The molecule has 21 heavy (non-hydrogen) atoms. The number of likely N-dealkylation sites (N-methyl/N-ethyl adjacent to an activating group) is 1.